The van der Waals surface area contributed by atoms with Crippen LogP contribution in [0.3, 0.4) is 0 Å². The van der Waals surface area contributed by atoms with Crippen LogP contribution < -0.4 is 0 Å². The van der Waals surface area contributed by atoms with Crippen LogP contribution in [0.25, 0.3) is 16.9 Å². The van der Waals surface area contributed by atoms with Gasteiger partial charge in [0, 0.05) is 23.4 Å². The van der Waals surface area contributed by atoms with Crippen molar-refractivity contribution < 1.29 is 4.79 Å². The molecule has 0 saturated carbocycles. The van der Waals surface area contributed by atoms with Crippen LogP contribution in [0.1, 0.15) is 47.4 Å². The molecule has 3 aromatic rings. The topological polar surface area (TPSA) is 22.0 Å². The average Bonchev–Trinajstić information content (AvgIpc) is 2.94. The zero-order chi connectivity index (χ0) is 18.5. The number of aryl methyl sites for hydroxylation is 2. The number of rotatable bonds is 2. The molecular formula is C24H25NO. The molecule has 0 fully saturated rings. The molecule has 1 heterocycles. The Hall–Kier alpha value is -2.61. The van der Waals surface area contributed by atoms with Crippen LogP contribution in [-0.4, -0.2) is 10.4 Å². The van der Waals surface area contributed by atoms with E-state index in [-0.39, 0.29) is 11.2 Å². The van der Waals surface area contributed by atoms with Gasteiger partial charge in [0.2, 0.25) is 0 Å². The molecule has 26 heavy (non-hydrogen) atoms. The second-order valence-electron chi connectivity index (χ2n) is 8.37. The van der Waals surface area contributed by atoms with Gasteiger partial charge in [-0.2, -0.15) is 0 Å². The summed E-state index contributed by atoms with van der Waals surface area (Å²) in [6, 6.07) is 19.2. The van der Waals surface area contributed by atoms with Crippen molar-refractivity contribution in [1.82, 2.24) is 4.57 Å². The van der Waals surface area contributed by atoms with Crippen molar-refractivity contribution in [2.75, 3.05) is 0 Å². The van der Waals surface area contributed by atoms with Gasteiger partial charge in [-0.05, 0) is 55.0 Å². The minimum absolute atomic E-state index is 0.00540. The summed E-state index contributed by atoms with van der Waals surface area (Å²) in [5.74, 6) is 0.260. The fraction of sp³-hybridized carbons (Fsp3) is 0.292. The van der Waals surface area contributed by atoms with Gasteiger partial charge in [0.1, 0.15) is 0 Å². The summed E-state index contributed by atoms with van der Waals surface area (Å²) in [6.45, 7) is 8.58. The maximum absolute atomic E-state index is 12.8. The monoisotopic (exact) mass is 343 g/mol. The Balaban J connectivity index is 2.00. The highest BCUT2D eigenvalue weighted by Crippen LogP contribution is 2.40. The molecule has 0 radical (unpaired) electrons. The quantitative estimate of drug-likeness (QED) is 0.566. The fourth-order valence-electron chi connectivity index (χ4n) is 4.01. The number of nitrogens with zero attached hydrogens (tertiary/aromatic N) is 1. The highest BCUT2D eigenvalue weighted by Gasteiger charge is 2.34. The predicted molar refractivity (Wildman–Crippen MR) is 107 cm³/mol. The van der Waals surface area contributed by atoms with E-state index in [2.05, 4.69) is 86.9 Å². The molecule has 1 aliphatic rings. The van der Waals surface area contributed by atoms with Gasteiger partial charge in [-0.15, -0.1) is 0 Å². The third-order valence-corrected chi connectivity index (χ3v) is 5.30. The van der Waals surface area contributed by atoms with Gasteiger partial charge in [-0.3, -0.25) is 4.79 Å². The van der Waals surface area contributed by atoms with Crippen LogP contribution in [0.4, 0.5) is 0 Å². The van der Waals surface area contributed by atoms with Gasteiger partial charge in [0.05, 0.1) is 5.69 Å². The molecule has 2 nitrogen and oxygen atoms in total. The number of aromatic nitrogens is 1. The summed E-state index contributed by atoms with van der Waals surface area (Å²) in [4.78, 5) is 12.8. The van der Waals surface area contributed by atoms with E-state index in [1.54, 1.807) is 0 Å². The summed E-state index contributed by atoms with van der Waals surface area (Å²) in [7, 11) is 0. The number of benzene rings is 2. The Morgan fingerprint density at radius 2 is 1.62 bits per heavy atom. The zero-order valence-corrected chi connectivity index (χ0v) is 16.0. The van der Waals surface area contributed by atoms with Crippen LogP contribution in [0.5, 0.6) is 0 Å². The molecular weight excluding hydrogens is 318 g/mol. The molecule has 1 aromatic heterocycles. The van der Waals surface area contributed by atoms with Crippen molar-refractivity contribution in [1.29, 1.82) is 0 Å². The number of fused-ring (bicyclic) bond motifs is 1. The number of carbonyl (C=O) groups excluding carboxylic acids is 1. The van der Waals surface area contributed by atoms with Crippen molar-refractivity contribution in [3.8, 4) is 16.9 Å². The molecule has 0 bridgehead atoms. The summed E-state index contributed by atoms with van der Waals surface area (Å²) in [5.41, 5.74) is 7.88. The zero-order valence-electron chi connectivity index (χ0n) is 16.0. The van der Waals surface area contributed by atoms with Crippen LogP contribution >= 0.6 is 0 Å². The van der Waals surface area contributed by atoms with Crippen molar-refractivity contribution in [3.05, 3.63) is 77.0 Å². The van der Waals surface area contributed by atoms with E-state index in [9.17, 15) is 4.79 Å². The lowest BCUT2D eigenvalue weighted by Gasteiger charge is -2.30. The van der Waals surface area contributed by atoms with E-state index in [0.29, 0.717) is 6.42 Å². The van der Waals surface area contributed by atoms with Crippen molar-refractivity contribution in [2.24, 2.45) is 5.41 Å². The maximum atomic E-state index is 12.8. The van der Waals surface area contributed by atoms with Gasteiger partial charge in [0.15, 0.2) is 5.78 Å². The third-order valence-electron chi connectivity index (χ3n) is 5.30. The first-order chi connectivity index (χ1) is 12.3. The highest BCUT2D eigenvalue weighted by molar-refractivity contribution is 6.00. The maximum Gasteiger partial charge on any atom is 0.165 e. The molecule has 1 aliphatic carbocycles. The Bertz CT molecular complexity index is 990. The first kappa shape index (κ1) is 16.8. The largest absolute Gasteiger partial charge is 0.313 e. The number of hydrogen-bond acceptors (Lipinski definition) is 1. The molecule has 0 amide bonds. The molecule has 2 aromatic carbocycles. The van der Waals surface area contributed by atoms with Crippen molar-refractivity contribution in [3.63, 3.8) is 0 Å². The first-order valence-corrected chi connectivity index (χ1v) is 9.26. The highest BCUT2D eigenvalue weighted by atomic mass is 16.1. The Kier molecular flexibility index (Phi) is 3.87. The lowest BCUT2D eigenvalue weighted by molar-refractivity contribution is 0.0911. The van der Waals surface area contributed by atoms with Crippen LogP contribution in [0.15, 0.2) is 54.6 Å². The SMILES string of the molecule is Cc1ccc(-c2cc3c(n2-c2cccc(C)c2)CC(C)(C)CC3=O)cc1. The minimum Gasteiger partial charge on any atom is -0.313 e. The third kappa shape index (κ3) is 2.90. The van der Waals surface area contributed by atoms with E-state index in [0.717, 1.165) is 34.6 Å². The van der Waals surface area contributed by atoms with E-state index in [1.165, 1.54) is 11.1 Å². The Morgan fingerprint density at radius 3 is 2.31 bits per heavy atom. The molecule has 0 saturated heterocycles. The van der Waals surface area contributed by atoms with Crippen LogP contribution in [0, 0.1) is 19.3 Å². The minimum atomic E-state index is -0.00540. The lowest BCUT2D eigenvalue weighted by Crippen LogP contribution is -2.27. The fourth-order valence-corrected chi connectivity index (χ4v) is 4.01. The van der Waals surface area contributed by atoms with Crippen molar-refractivity contribution in [2.45, 2.75) is 40.5 Å². The van der Waals surface area contributed by atoms with E-state index in [1.807, 2.05) is 0 Å². The van der Waals surface area contributed by atoms with Gasteiger partial charge in [-0.25, -0.2) is 0 Å². The molecule has 0 atom stereocenters. The van der Waals surface area contributed by atoms with E-state index >= 15 is 0 Å². The molecule has 0 spiro atoms. The van der Waals surface area contributed by atoms with E-state index < -0.39 is 0 Å². The Labute approximate surface area is 155 Å². The van der Waals surface area contributed by atoms with E-state index in [4.69, 9.17) is 0 Å². The first-order valence-electron chi connectivity index (χ1n) is 9.26. The summed E-state index contributed by atoms with van der Waals surface area (Å²) in [5, 5.41) is 0. The standard InChI is InChI=1S/C24H25NO/c1-16-8-10-18(11-9-16)21-13-20-22(14-24(3,4)15-23(20)26)25(21)19-7-5-6-17(2)12-19/h5-13H,14-15H2,1-4H3. The van der Waals surface area contributed by atoms with Gasteiger partial charge in [0.25, 0.3) is 0 Å². The lowest BCUT2D eigenvalue weighted by atomic mass is 9.76. The Morgan fingerprint density at radius 1 is 0.885 bits per heavy atom. The van der Waals surface area contributed by atoms with Gasteiger partial charge < -0.3 is 4.57 Å². The number of hydrogen-bond donors (Lipinski definition) is 0. The molecule has 0 aliphatic heterocycles. The van der Waals surface area contributed by atoms with Gasteiger partial charge in [-0.1, -0.05) is 55.8 Å². The van der Waals surface area contributed by atoms with Crippen LogP contribution in [0.2, 0.25) is 0 Å². The second kappa shape index (κ2) is 5.98. The predicted octanol–water partition coefficient (Wildman–Crippen LogP) is 5.92. The number of carbonyl (C=O) groups is 1. The molecule has 132 valence electrons. The second-order valence-corrected chi connectivity index (χ2v) is 8.37. The molecule has 0 N–H and O–H groups in total. The molecule has 4 rings (SSSR count). The molecule has 2 heteroatoms. The summed E-state index contributed by atoms with van der Waals surface area (Å²) in [6.07, 6.45) is 1.53. The smallest absolute Gasteiger partial charge is 0.165 e. The number of ketones is 1. The van der Waals surface area contributed by atoms with Gasteiger partial charge >= 0.3 is 0 Å². The summed E-state index contributed by atoms with van der Waals surface area (Å²) < 4.78 is 2.30. The normalized spacial score (nSPS) is 15.8. The molecule has 0 unspecified atom stereocenters. The summed E-state index contributed by atoms with van der Waals surface area (Å²) >= 11 is 0. The van der Waals surface area contributed by atoms with Crippen LogP contribution in [-0.2, 0) is 6.42 Å². The number of Topliss-reactive ketones (excluding diaryl/α,β-unsaturated/α-hetero) is 1. The van der Waals surface area contributed by atoms with Crippen molar-refractivity contribution >= 4 is 5.78 Å². The average molecular weight is 343 g/mol.